The summed E-state index contributed by atoms with van der Waals surface area (Å²) in [6.07, 6.45) is 11.2. The predicted octanol–water partition coefficient (Wildman–Crippen LogP) is 9.25. The van der Waals surface area contributed by atoms with E-state index in [1.165, 1.54) is 6.07 Å². The van der Waals surface area contributed by atoms with Crippen LogP contribution in [0.25, 0.3) is 33.4 Å². The van der Waals surface area contributed by atoms with Crippen LogP contribution < -0.4 is 10.6 Å². The van der Waals surface area contributed by atoms with E-state index in [-0.39, 0.29) is 11.7 Å². The van der Waals surface area contributed by atoms with Crippen LogP contribution in [0.1, 0.15) is 57.1 Å². The lowest BCUT2D eigenvalue weighted by atomic mass is 9.96. The Hall–Kier alpha value is -4.95. The van der Waals surface area contributed by atoms with Gasteiger partial charge in [-0.25, -0.2) is 4.39 Å². The highest BCUT2D eigenvalue weighted by atomic mass is 19.1. The third-order valence-corrected chi connectivity index (χ3v) is 7.53. The van der Waals surface area contributed by atoms with Crippen molar-refractivity contribution < 1.29 is 4.39 Å². The highest BCUT2D eigenvalue weighted by molar-refractivity contribution is 5.95. The number of aromatic nitrogens is 4. The number of anilines is 1. The summed E-state index contributed by atoms with van der Waals surface area (Å²) in [4.78, 5) is 10.3. The van der Waals surface area contributed by atoms with Crippen LogP contribution in [0.15, 0.2) is 98.0 Å². The van der Waals surface area contributed by atoms with Gasteiger partial charge in [0.15, 0.2) is 0 Å². The molecular formula is C39H50FN7. The Morgan fingerprint density at radius 2 is 1.85 bits per heavy atom. The maximum Gasteiger partial charge on any atom is 0.125 e. The molecule has 0 fully saturated rings. The van der Waals surface area contributed by atoms with Gasteiger partial charge in [0.2, 0.25) is 0 Å². The van der Waals surface area contributed by atoms with Gasteiger partial charge in [-0.1, -0.05) is 65.7 Å². The van der Waals surface area contributed by atoms with Gasteiger partial charge in [0.1, 0.15) is 11.5 Å². The molecule has 4 N–H and O–H groups in total. The van der Waals surface area contributed by atoms with Crippen LogP contribution in [0.3, 0.4) is 0 Å². The van der Waals surface area contributed by atoms with E-state index in [9.17, 15) is 4.39 Å². The number of nitrogens with zero attached hydrogens (tertiary/aromatic N) is 3. The molecule has 0 aliphatic rings. The van der Waals surface area contributed by atoms with Crippen molar-refractivity contribution in [2.75, 3.05) is 32.5 Å². The van der Waals surface area contributed by atoms with Crippen LogP contribution in [0.5, 0.6) is 0 Å². The summed E-state index contributed by atoms with van der Waals surface area (Å²) in [5, 5.41) is 15.4. The van der Waals surface area contributed by atoms with Gasteiger partial charge in [0, 0.05) is 46.8 Å². The van der Waals surface area contributed by atoms with Crippen LogP contribution in [-0.4, -0.2) is 52.3 Å². The minimum atomic E-state index is -0.307. The van der Waals surface area contributed by atoms with E-state index in [2.05, 4.69) is 70.4 Å². The number of pyridine rings is 1. The molecule has 0 bridgehead atoms. The van der Waals surface area contributed by atoms with E-state index in [1.54, 1.807) is 24.4 Å². The molecule has 0 saturated carbocycles. The van der Waals surface area contributed by atoms with Gasteiger partial charge < -0.3 is 20.5 Å². The maximum absolute atomic E-state index is 14.8. The number of allylic oxidation sites excluding steroid dienone is 7. The average molecular weight is 636 g/mol. The van der Waals surface area contributed by atoms with Gasteiger partial charge in [0.05, 0.1) is 23.1 Å². The van der Waals surface area contributed by atoms with Crippen molar-refractivity contribution in [2.45, 2.75) is 41.5 Å². The molecule has 0 saturated heterocycles. The van der Waals surface area contributed by atoms with Crippen molar-refractivity contribution in [2.24, 2.45) is 5.92 Å². The van der Waals surface area contributed by atoms with E-state index >= 15 is 0 Å². The number of fused-ring (bicyclic) bond motifs is 1. The van der Waals surface area contributed by atoms with Gasteiger partial charge in [-0.15, -0.1) is 0 Å². The topological polar surface area (TPSA) is 84.7 Å². The Balaban J connectivity index is 0.00000294. The number of likely N-dealkylation sites (N-methyl/N-ethyl adjacent to an activating group) is 1. The fourth-order valence-corrected chi connectivity index (χ4v) is 4.92. The average Bonchev–Trinajstić information content (AvgIpc) is 3.64. The standard InChI is InChI=1S/C37H44FN7.C2H6/c1-10-13-31(27-16-28(38)19-30(18-27)39-14-15-45(8)9)32-20-35(42-25(32)7)37-33-21-34(40-22-36(33)43-44-37)26(11-2)17-29(12-3)41-24(6)23(4)5;1-2/h10-13,16-23,39,41-42H,1,3,6,14-15H2,2,4-5,7-9H3,(H,43,44);1-2H3/b26-11+,29-17+,31-13-;. The van der Waals surface area contributed by atoms with Gasteiger partial charge in [-0.2, -0.15) is 5.10 Å². The van der Waals surface area contributed by atoms with Crippen molar-refractivity contribution in [1.82, 2.24) is 30.4 Å². The summed E-state index contributed by atoms with van der Waals surface area (Å²) in [6, 6.07) is 9.13. The lowest BCUT2D eigenvalue weighted by Crippen LogP contribution is -2.20. The number of halogens is 1. The molecule has 8 heteroatoms. The second kappa shape index (κ2) is 17.1. The minimum Gasteiger partial charge on any atom is -0.384 e. The predicted molar refractivity (Wildman–Crippen MR) is 200 cm³/mol. The molecule has 0 radical (unpaired) electrons. The third kappa shape index (κ3) is 9.30. The van der Waals surface area contributed by atoms with Crippen LogP contribution in [0, 0.1) is 18.7 Å². The number of benzene rings is 1. The number of hydrogen-bond acceptors (Lipinski definition) is 5. The highest BCUT2D eigenvalue weighted by Gasteiger charge is 2.18. The molecule has 3 heterocycles. The molecule has 0 aliphatic carbocycles. The molecule has 0 amide bonds. The molecule has 3 aromatic heterocycles. The summed E-state index contributed by atoms with van der Waals surface area (Å²) in [7, 11) is 4.02. The van der Waals surface area contributed by atoms with Gasteiger partial charge in [-0.3, -0.25) is 10.1 Å². The molecule has 4 aromatic rings. The lowest BCUT2D eigenvalue weighted by Gasteiger charge is -2.14. The molecule has 0 unspecified atom stereocenters. The number of H-pyrrole nitrogens is 2. The Kier molecular flexibility index (Phi) is 13.3. The second-order valence-electron chi connectivity index (χ2n) is 11.5. The normalized spacial score (nSPS) is 12.3. The first-order chi connectivity index (χ1) is 22.5. The minimum absolute atomic E-state index is 0.286. The fourth-order valence-electron chi connectivity index (χ4n) is 4.92. The Bertz CT molecular complexity index is 1800. The monoisotopic (exact) mass is 635 g/mol. The van der Waals surface area contributed by atoms with E-state index in [4.69, 9.17) is 4.98 Å². The first-order valence-corrected chi connectivity index (χ1v) is 16.1. The number of rotatable bonds is 14. The largest absolute Gasteiger partial charge is 0.384 e. The fraction of sp³-hybridized carbons (Fsp3) is 0.282. The Labute approximate surface area is 279 Å². The second-order valence-corrected chi connectivity index (χ2v) is 11.5. The third-order valence-electron chi connectivity index (χ3n) is 7.53. The van der Waals surface area contributed by atoms with E-state index in [0.717, 1.165) is 79.6 Å². The lowest BCUT2D eigenvalue weighted by molar-refractivity contribution is 0.425. The molecule has 0 spiro atoms. The number of aromatic amines is 2. The first kappa shape index (κ1) is 36.5. The summed E-state index contributed by atoms with van der Waals surface area (Å²) in [5.74, 6) is -0.0206. The first-order valence-electron chi connectivity index (χ1n) is 16.1. The molecule has 248 valence electrons. The quantitative estimate of drug-likeness (QED) is 0.104. The Morgan fingerprint density at radius 3 is 2.49 bits per heavy atom. The van der Waals surface area contributed by atoms with Crippen LogP contribution >= 0.6 is 0 Å². The van der Waals surface area contributed by atoms with E-state index < -0.39 is 0 Å². The summed E-state index contributed by atoms with van der Waals surface area (Å²) < 4.78 is 14.8. The smallest absolute Gasteiger partial charge is 0.125 e. The van der Waals surface area contributed by atoms with Gasteiger partial charge in [0.25, 0.3) is 0 Å². The summed E-state index contributed by atoms with van der Waals surface area (Å²) in [6.45, 7) is 25.7. The van der Waals surface area contributed by atoms with Crippen LogP contribution in [0.4, 0.5) is 10.1 Å². The van der Waals surface area contributed by atoms with E-state index in [0.29, 0.717) is 6.54 Å². The van der Waals surface area contributed by atoms with Crippen molar-refractivity contribution in [3.8, 4) is 11.4 Å². The number of aryl methyl sites for hydroxylation is 1. The molecule has 47 heavy (non-hydrogen) atoms. The molecule has 1 aromatic carbocycles. The highest BCUT2D eigenvalue weighted by Crippen LogP contribution is 2.34. The van der Waals surface area contributed by atoms with Crippen molar-refractivity contribution in [3.63, 3.8) is 0 Å². The summed E-state index contributed by atoms with van der Waals surface area (Å²) in [5.41, 5.74) is 10.1. The maximum atomic E-state index is 14.8. The SMILES string of the molecule is C=C/C=C(/c1cc(F)cc(NCCN(C)C)c1)c1cc(-c2n[nH]c3cnc(C(/C=C(\C=C)NC(=C)C(C)C)=C/C)cc23)[nH]c1C.CC. The molecule has 7 nitrogen and oxygen atoms in total. The molecule has 0 aliphatic heterocycles. The molecule has 4 rings (SSSR count). The molecular weight excluding hydrogens is 585 g/mol. The van der Waals surface area contributed by atoms with Gasteiger partial charge >= 0.3 is 0 Å². The number of nitrogens with one attached hydrogen (secondary N) is 4. The summed E-state index contributed by atoms with van der Waals surface area (Å²) >= 11 is 0. The van der Waals surface area contributed by atoms with Gasteiger partial charge in [-0.05, 0) is 93.1 Å². The zero-order valence-electron chi connectivity index (χ0n) is 29.2. The van der Waals surface area contributed by atoms with Crippen LogP contribution in [0.2, 0.25) is 0 Å². The Morgan fingerprint density at radius 1 is 1.11 bits per heavy atom. The van der Waals surface area contributed by atoms with Crippen molar-refractivity contribution in [1.29, 1.82) is 0 Å². The zero-order chi connectivity index (χ0) is 34.7. The zero-order valence-corrected chi connectivity index (χ0v) is 29.2. The van der Waals surface area contributed by atoms with Crippen LogP contribution in [-0.2, 0) is 0 Å². The molecule has 0 atom stereocenters. The van der Waals surface area contributed by atoms with Crippen molar-refractivity contribution >= 4 is 27.7 Å². The van der Waals surface area contributed by atoms with E-state index in [1.807, 2.05) is 72.2 Å². The van der Waals surface area contributed by atoms with Crippen molar-refractivity contribution in [3.05, 3.63) is 126 Å². The number of hydrogen-bond donors (Lipinski definition) is 4.